The molecule has 7 nitrogen and oxygen atoms in total. The summed E-state index contributed by atoms with van der Waals surface area (Å²) in [5.74, 6) is -1.53. The summed E-state index contributed by atoms with van der Waals surface area (Å²) in [7, 11) is -4.22. The third kappa shape index (κ3) is 5.28. The number of hydrogen-bond donors (Lipinski definition) is 1. The van der Waals surface area contributed by atoms with E-state index in [4.69, 9.17) is 23.1 Å². The summed E-state index contributed by atoms with van der Waals surface area (Å²) in [5, 5.41) is 10.9. The molecule has 2 aliphatic rings. The molecule has 0 amide bonds. The maximum atomic E-state index is 13.1. The van der Waals surface area contributed by atoms with Crippen LogP contribution in [-0.2, 0) is 27.9 Å². The van der Waals surface area contributed by atoms with Crippen molar-refractivity contribution in [2.45, 2.75) is 121 Å². The molecule has 0 aliphatic carbocycles. The molecule has 0 saturated carbocycles. The molecular formula is C22H44O7Si2. The van der Waals surface area contributed by atoms with Crippen molar-refractivity contribution in [3.05, 3.63) is 0 Å². The number of esters is 1. The Bertz CT molecular complexity index is 678. The Labute approximate surface area is 190 Å². The van der Waals surface area contributed by atoms with Crippen molar-refractivity contribution in [2.24, 2.45) is 0 Å². The second-order valence-corrected chi connectivity index (χ2v) is 22.1. The number of fused-ring (bicyclic) bond motifs is 1. The second-order valence-electron chi connectivity index (χ2n) is 12.5. The minimum absolute atomic E-state index is 0.00873. The quantitative estimate of drug-likeness (QED) is 0.435. The van der Waals surface area contributed by atoms with E-state index in [-0.39, 0.29) is 23.3 Å². The van der Waals surface area contributed by atoms with Gasteiger partial charge in [0.25, 0.3) is 0 Å². The molecule has 0 bridgehead atoms. The lowest BCUT2D eigenvalue weighted by Gasteiger charge is -2.38. The van der Waals surface area contributed by atoms with E-state index in [9.17, 15) is 9.90 Å². The van der Waals surface area contributed by atoms with Crippen LogP contribution in [0, 0.1) is 0 Å². The molecule has 2 heterocycles. The fourth-order valence-corrected chi connectivity index (χ4v) is 5.29. The van der Waals surface area contributed by atoms with E-state index in [1.54, 1.807) is 13.8 Å². The van der Waals surface area contributed by atoms with Crippen LogP contribution in [0.3, 0.4) is 0 Å². The molecule has 0 aromatic rings. The Hall–Kier alpha value is -0.296. The van der Waals surface area contributed by atoms with E-state index in [0.717, 1.165) is 0 Å². The standard InChI is InChI=1S/C22H44O7Si2/c1-19(2,3)30(9,10)25-13-15(23)16-17-22(18(24)27-16,29-21(7,8)28-17)14-26-31(11,12)20(4,5)6/h15-17,23H,13-14H2,1-12H3/t15-,16+,17-,22-/m0/s1. The first-order valence-electron chi connectivity index (χ1n) is 11.2. The zero-order chi connectivity index (χ0) is 24.3. The molecule has 0 aromatic carbocycles. The first-order chi connectivity index (χ1) is 13.7. The van der Waals surface area contributed by atoms with Gasteiger partial charge >= 0.3 is 5.97 Å². The van der Waals surface area contributed by atoms with Gasteiger partial charge in [-0.3, -0.25) is 0 Å². The van der Waals surface area contributed by atoms with Crippen molar-refractivity contribution in [1.29, 1.82) is 0 Å². The van der Waals surface area contributed by atoms with Crippen molar-refractivity contribution in [1.82, 2.24) is 0 Å². The normalized spacial score (nSPS) is 30.3. The lowest BCUT2D eigenvalue weighted by atomic mass is 9.95. The SMILES string of the molecule is CC1(C)O[C@H]2[C@@H]([C@@H](O)CO[Si](C)(C)C(C)(C)C)OC(=O)[C@@]2(CO[Si](C)(C)C(C)(C)C)O1. The molecule has 2 saturated heterocycles. The molecule has 2 aliphatic heterocycles. The molecule has 2 rings (SSSR count). The largest absolute Gasteiger partial charge is 0.454 e. The van der Waals surface area contributed by atoms with Gasteiger partial charge in [-0.05, 0) is 50.1 Å². The number of hydrogen-bond acceptors (Lipinski definition) is 7. The summed E-state index contributed by atoms with van der Waals surface area (Å²) in [6.07, 6.45) is -2.66. The van der Waals surface area contributed by atoms with Crippen LogP contribution >= 0.6 is 0 Å². The van der Waals surface area contributed by atoms with Gasteiger partial charge in [0, 0.05) is 0 Å². The molecule has 2 fully saturated rings. The van der Waals surface area contributed by atoms with Crippen LogP contribution in [-0.4, -0.2) is 70.6 Å². The van der Waals surface area contributed by atoms with Gasteiger partial charge < -0.3 is 28.2 Å². The zero-order valence-electron chi connectivity index (χ0n) is 21.5. The van der Waals surface area contributed by atoms with Gasteiger partial charge in [0.2, 0.25) is 5.60 Å². The summed E-state index contributed by atoms with van der Waals surface area (Å²) >= 11 is 0. The molecule has 0 radical (unpaired) electrons. The molecule has 0 spiro atoms. The van der Waals surface area contributed by atoms with Crippen LogP contribution in [0.4, 0.5) is 0 Å². The van der Waals surface area contributed by atoms with Gasteiger partial charge in [-0.15, -0.1) is 0 Å². The number of carbonyl (C=O) groups excluding carboxylic acids is 1. The monoisotopic (exact) mass is 476 g/mol. The number of cyclic esters (lactones) is 1. The maximum absolute atomic E-state index is 13.1. The van der Waals surface area contributed by atoms with Crippen LogP contribution in [0.15, 0.2) is 0 Å². The van der Waals surface area contributed by atoms with E-state index < -0.39 is 52.3 Å². The number of rotatable bonds is 7. The van der Waals surface area contributed by atoms with Crippen LogP contribution in [0.1, 0.15) is 55.4 Å². The number of ether oxygens (including phenoxy) is 3. The van der Waals surface area contributed by atoms with Crippen LogP contribution < -0.4 is 0 Å². The molecule has 182 valence electrons. The number of aliphatic hydroxyl groups is 1. The predicted molar refractivity (Wildman–Crippen MR) is 125 cm³/mol. The van der Waals surface area contributed by atoms with Gasteiger partial charge in [0.15, 0.2) is 28.5 Å². The Balaban J connectivity index is 2.22. The molecular weight excluding hydrogens is 432 g/mol. The highest BCUT2D eigenvalue weighted by atomic mass is 28.4. The van der Waals surface area contributed by atoms with E-state index >= 15 is 0 Å². The summed E-state index contributed by atoms with van der Waals surface area (Å²) < 4.78 is 30.4. The molecule has 0 unspecified atom stereocenters. The smallest absolute Gasteiger partial charge is 0.344 e. The second kappa shape index (κ2) is 8.18. The van der Waals surface area contributed by atoms with E-state index in [1.807, 2.05) is 0 Å². The number of carbonyl (C=O) groups is 1. The first-order valence-corrected chi connectivity index (χ1v) is 17.0. The predicted octanol–water partition coefficient (Wildman–Crippen LogP) is 4.21. The summed E-state index contributed by atoms with van der Waals surface area (Å²) in [6, 6.07) is 0. The molecule has 0 aromatic heterocycles. The Kier molecular flexibility index (Phi) is 7.11. The summed E-state index contributed by atoms with van der Waals surface area (Å²) in [6.45, 7) is 25.0. The third-order valence-corrected chi connectivity index (χ3v) is 16.4. The highest BCUT2D eigenvalue weighted by Gasteiger charge is 2.69. The first kappa shape index (κ1) is 27.0. The highest BCUT2D eigenvalue weighted by molar-refractivity contribution is 6.74. The molecule has 9 heteroatoms. The average Bonchev–Trinajstić information content (AvgIpc) is 2.98. The molecule has 4 atom stereocenters. The van der Waals surface area contributed by atoms with Crippen molar-refractivity contribution in [3.8, 4) is 0 Å². The van der Waals surface area contributed by atoms with Crippen molar-refractivity contribution in [2.75, 3.05) is 13.2 Å². The molecule has 1 N–H and O–H groups in total. The fraction of sp³-hybridized carbons (Fsp3) is 0.955. The van der Waals surface area contributed by atoms with Crippen molar-refractivity contribution < 1.29 is 33.0 Å². The Morgan fingerprint density at radius 2 is 1.48 bits per heavy atom. The van der Waals surface area contributed by atoms with Gasteiger partial charge in [-0.25, -0.2) is 4.79 Å². The van der Waals surface area contributed by atoms with Crippen molar-refractivity contribution >= 4 is 22.6 Å². The summed E-state index contributed by atoms with van der Waals surface area (Å²) in [4.78, 5) is 13.1. The Morgan fingerprint density at radius 1 is 1.00 bits per heavy atom. The summed E-state index contributed by atoms with van der Waals surface area (Å²) in [5.41, 5.74) is -1.39. The minimum atomic E-state index is -2.15. The van der Waals surface area contributed by atoms with Gasteiger partial charge in [-0.1, -0.05) is 41.5 Å². The molecule has 31 heavy (non-hydrogen) atoms. The van der Waals surface area contributed by atoms with Crippen molar-refractivity contribution in [3.63, 3.8) is 0 Å². The Morgan fingerprint density at radius 3 is 1.97 bits per heavy atom. The lowest BCUT2D eigenvalue weighted by Crippen LogP contribution is -2.54. The average molecular weight is 477 g/mol. The lowest BCUT2D eigenvalue weighted by molar-refractivity contribution is -0.207. The van der Waals surface area contributed by atoms with E-state index in [2.05, 4.69) is 67.7 Å². The third-order valence-electron chi connectivity index (χ3n) is 7.44. The van der Waals surface area contributed by atoms with Gasteiger partial charge in [-0.2, -0.15) is 0 Å². The minimum Gasteiger partial charge on any atom is -0.454 e. The topological polar surface area (TPSA) is 83.5 Å². The highest BCUT2D eigenvalue weighted by Crippen LogP contribution is 2.47. The zero-order valence-corrected chi connectivity index (χ0v) is 23.5. The van der Waals surface area contributed by atoms with Gasteiger partial charge in [0.05, 0.1) is 13.2 Å². The van der Waals surface area contributed by atoms with Crippen LogP contribution in [0.2, 0.25) is 36.3 Å². The van der Waals surface area contributed by atoms with Gasteiger partial charge in [0.1, 0.15) is 12.2 Å². The van der Waals surface area contributed by atoms with Crippen LogP contribution in [0.5, 0.6) is 0 Å². The van der Waals surface area contributed by atoms with Crippen LogP contribution in [0.25, 0.3) is 0 Å². The van der Waals surface area contributed by atoms with E-state index in [1.165, 1.54) is 0 Å². The number of aliphatic hydroxyl groups excluding tert-OH is 1. The van der Waals surface area contributed by atoms with E-state index in [0.29, 0.717) is 0 Å². The maximum Gasteiger partial charge on any atom is 0.344 e. The fourth-order valence-electron chi connectivity index (χ4n) is 3.26.